The fraction of sp³-hybridized carbons (Fsp3) is 0.588. The highest BCUT2D eigenvalue weighted by atomic mass is 19.1. The van der Waals surface area contributed by atoms with Crippen LogP contribution in [0.3, 0.4) is 0 Å². The molecule has 0 aliphatic carbocycles. The van der Waals surface area contributed by atoms with Gasteiger partial charge in [-0.05, 0) is 57.7 Å². The third kappa shape index (κ3) is 5.37. The van der Waals surface area contributed by atoms with Crippen LogP contribution in [0, 0.1) is 17.6 Å². The lowest BCUT2D eigenvalue weighted by Crippen LogP contribution is -2.42. The van der Waals surface area contributed by atoms with Crippen LogP contribution >= 0.6 is 0 Å². The first-order chi connectivity index (χ1) is 10.7. The van der Waals surface area contributed by atoms with Gasteiger partial charge in [0.25, 0.3) is 0 Å². The predicted molar refractivity (Wildman–Crippen MR) is 85.4 cm³/mol. The average molecular weight is 326 g/mol. The molecule has 1 amide bonds. The van der Waals surface area contributed by atoms with Gasteiger partial charge in [-0.2, -0.15) is 0 Å². The Hall–Kier alpha value is -1.85. The van der Waals surface area contributed by atoms with Crippen molar-refractivity contribution in [3.63, 3.8) is 0 Å². The summed E-state index contributed by atoms with van der Waals surface area (Å²) in [5.41, 5.74) is -0.315. The van der Waals surface area contributed by atoms with Crippen molar-refractivity contribution in [1.29, 1.82) is 0 Å². The minimum atomic E-state index is -0.496. The molecule has 1 N–H and O–H groups in total. The van der Waals surface area contributed by atoms with Gasteiger partial charge < -0.3 is 15.0 Å². The fourth-order valence-electron chi connectivity index (χ4n) is 2.53. The summed E-state index contributed by atoms with van der Waals surface area (Å²) in [4.78, 5) is 13.7. The van der Waals surface area contributed by atoms with Crippen molar-refractivity contribution in [2.24, 2.45) is 5.92 Å². The quantitative estimate of drug-likeness (QED) is 0.912. The first-order valence-corrected chi connectivity index (χ1v) is 7.91. The molecule has 1 aliphatic heterocycles. The van der Waals surface area contributed by atoms with Crippen molar-refractivity contribution in [1.82, 2.24) is 4.90 Å². The number of ether oxygens (including phenoxy) is 1. The second-order valence-corrected chi connectivity index (χ2v) is 6.92. The fourth-order valence-corrected chi connectivity index (χ4v) is 2.53. The van der Waals surface area contributed by atoms with Crippen LogP contribution in [0.2, 0.25) is 0 Å². The molecule has 1 aliphatic rings. The zero-order valence-corrected chi connectivity index (χ0v) is 13.9. The van der Waals surface area contributed by atoms with Crippen molar-refractivity contribution in [3.8, 4) is 0 Å². The Kier molecular flexibility index (Phi) is 5.44. The zero-order chi connectivity index (χ0) is 17.0. The monoisotopic (exact) mass is 326 g/mol. The normalized spacial score (nSPS) is 16.3. The first kappa shape index (κ1) is 17.5. The Morgan fingerprint density at radius 1 is 1.30 bits per heavy atom. The van der Waals surface area contributed by atoms with Crippen LogP contribution in [0.15, 0.2) is 18.2 Å². The van der Waals surface area contributed by atoms with Crippen LogP contribution in [-0.4, -0.2) is 36.2 Å². The number of hydrogen-bond donors (Lipinski definition) is 1. The number of carbonyl (C=O) groups is 1. The molecule has 128 valence electrons. The van der Waals surface area contributed by atoms with E-state index < -0.39 is 17.2 Å². The molecule has 1 saturated heterocycles. The van der Waals surface area contributed by atoms with Gasteiger partial charge >= 0.3 is 6.09 Å². The number of carbonyl (C=O) groups excluding carboxylic acids is 1. The number of amides is 1. The molecule has 1 fully saturated rings. The highest BCUT2D eigenvalue weighted by Gasteiger charge is 2.26. The predicted octanol–water partition coefficient (Wildman–Crippen LogP) is 4.02. The lowest BCUT2D eigenvalue weighted by atomic mass is 9.97. The topological polar surface area (TPSA) is 41.6 Å². The number of rotatable bonds is 3. The summed E-state index contributed by atoms with van der Waals surface area (Å²) in [6.07, 6.45) is 1.33. The van der Waals surface area contributed by atoms with E-state index in [9.17, 15) is 13.6 Å². The highest BCUT2D eigenvalue weighted by Crippen LogP contribution is 2.21. The van der Waals surface area contributed by atoms with E-state index in [1.807, 2.05) is 20.8 Å². The maximum atomic E-state index is 13.6. The van der Waals surface area contributed by atoms with Crippen LogP contribution in [0.5, 0.6) is 0 Å². The van der Waals surface area contributed by atoms with Gasteiger partial charge in [0.15, 0.2) is 0 Å². The van der Waals surface area contributed by atoms with E-state index in [0.717, 1.165) is 31.0 Å². The summed E-state index contributed by atoms with van der Waals surface area (Å²) in [7, 11) is 0. The summed E-state index contributed by atoms with van der Waals surface area (Å²) in [5.74, 6) is -0.609. The molecule has 2 rings (SSSR count). The Labute approximate surface area is 135 Å². The molecule has 0 spiro atoms. The van der Waals surface area contributed by atoms with Crippen LogP contribution in [-0.2, 0) is 4.74 Å². The maximum absolute atomic E-state index is 13.6. The van der Waals surface area contributed by atoms with Crippen molar-refractivity contribution >= 4 is 11.8 Å². The van der Waals surface area contributed by atoms with Crippen LogP contribution in [0.25, 0.3) is 0 Å². The lowest BCUT2D eigenvalue weighted by Gasteiger charge is -2.33. The van der Waals surface area contributed by atoms with Gasteiger partial charge in [-0.25, -0.2) is 13.6 Å². The van der Waals surface area contributed by atoms with Gasteiger partial charge in [0, 0.05) is 19.6 Å². The summed E-state index contributed by atoms with van der Waals surface area (Å²) in [6, 6.07) is 3.37. The minimum Gasteiger partial charge on any atom is -0.444 e. The van der Waals surface area contributed by atoms with Gasteiger partial charge in [0.05, 0.1) is 5.69 Å². The first-order valence-electron chi connectivity index (χ1n) is 7.91. The van der Waals surface area contributed by atoms with Crippen molar-refractivity contribution < 1.29 is 18.3 Å². The maximum Gasteiger partial charge on any atom is 0.410 e. The molecule has 1 aromatic carbocycles. The summed E-state index contributed by atoms with van der Waals surface area (Å²) >= 11 is 0. The number of nitrogens with zero attached hydrogens (tertiary/aromatic N) is 1. The van der Waals surface area contributed by atoms with E-state index in [4.69, 9.17) is 4.74 Å². The largest absolute Gasteiger partial charge is 0.444 e. The van der Waals surface area contributed by atoms with E-state index in [1.165, 1.54) is 0 Å². The van der Waals surface area contributed by atoms with Gasteiger partial charge in [-0.15, -0.1) is 0 Å². The average Bonchev–Trinajstić information content (AvgIpc) is 2.47. The molecule has 4 nitrogen and oxygen atoms in total. The third-order valence-corrected chi connectivity index (χ3v) is 3.78. The Morgan fingerprint density at radius 3 is 2.57 bits per heavy atom. The molecule has 0 atom stereocenters. The molecule has 23 heavy (non-hydrogen) atoms. The molecular weight excluding hydrogens is 302 g/mol. The number of hydrogen-bond acceptors (Lipinski definition) is 3. The number of benzene rings is 1. The number of halogens is 2. The van der Waals surface area contributed by atoms with E-state index in [1.54, 1.807) is 4.90 Å². The summed E-state index contributed by atoms with van der Waals surface area (Å²) in [5, 5.41) is 2.96. The Morgan fingerprint density at radius 2 is 1.96 bits per heavy atom. The summed E-state index contributed by atoms with van der Waals surface area (Å²) < 4.78 is 32.0. The molecule has 0 radical (unpaired) electrons. The second kappa shape index (κ2) is 7.15. The van der Waals surface area contributed by atoms with Gasteiger partial charge in [0.1, 0.15) is 17.2 Å². The number of nitrogens with one attached hydrogen (secondary N) is 1. The molecule has 6 heteroatoms. The molecule has 0 saturated carbocycles. The van der Waals surface area contributed by atoms with Gasteiger partial charge in [0.2, 0.25) is 0 Å². The van der Waals surface area contributed by atoms with Gasteiger partial charge in [-0.1, -0.05) is 0 Å². The highest BCUT2D eigenvalue weighted by molar-refractivity contribution is 5.68. The molecule has 1 aromatic rings. The number of anilines is 1. The SMILES string of the molecule is CC(C)(C)OC(=O)N1CCC(CNc2cc(F)ccc2F)CC1. The Balaban J connectivity index is 1.79. The van der Waals surface area contributed by atoms with Crippen LogP contribution in [0.1, 0.15) is 33.6 Å². The Bertz CT molecular complexity index is 550. The molecule has 1 heterocycles. The minimum absolute atomic E-state index is 0.180. The van der Waals surface area contributed by atoms with Crippen LogP contribution < -0.4 is 5.32 Å². The third-order valence-electron chi connectivity index (χ3n) is 3.78. The second-order valence-electron chi connectivity index (χ2n) is 6.92. The van der Waals surface area contributed by atoms with Crippen LogP contribution in [0.4, 0.5) is 19.3 Å². The van der Waals surface area contributed by atoms with Crippen molar-refractivity contribution in [3.05, 3.63) is 29.8 Å². The van der Waals surface area contributed by atoms with E-state index in [0.29, 0.717) is 25.6 Å². The number of piperidine rings is 1. The smallest absolute Gasteiger partial charge is 0.410 e. The standard InChI is InChI=1S/C17H24F2N2O2/c1-17(2,3)23-16(22)21-8-6-12(7-9-21)11-20-15-10-13(18)4-5-14(15)19/h4-5,10,12,20H,6-9,11H2,1-3H3. The molecular formula is C17H24F2N2O2. The molecule has 0 unspecified atom stereocenters. The number of likely N-dealkylation sites (tertiary alicyclic amines) is 1. The van der Waals surface area contributed by atoms with Gasteiger partial charge in [-0.3, -0.25) is 0 Å². The van der Waals surface area contributed by atoms with Crippen molar-refractivity contribution in [2.75, 3.05) is 25.0 Å². The molecule has 0 bridgehead atoms. The summed E-state index contributed by atoms with van der Waals surface area (Å²) in [6.45, 7) is 7.32. The van der Waals surface area contributed by atoms with E-state index >= 15 is 0 Å². The lowest BCUT2D eigenvalue weighted by molar-refractivity contribution is 0.0188. The van der Waals surface area contributed by atoms with Crippen molar-refractivity contribution in [2.45, 2.75) is 39.2 Å². The van der Waals surface area contributed by atoms with E-state index in [-0.39, 0.29) is 11.8 Å². The zero-order valence-electron chi connectivity index (χ0n) is 13.9. The molecule has 0 aromatic heterocycles. The van der Waals surface area contributed by atoms with E-state index in [2.05, 4.69) is 5.32 Å².